The zero-order chi connectivity index (χ0) is 13.4. The molecule has 0 unspecified atom stereocenters. The van der Waals surface area contributed by atoms with Gasteiger partial charge in [-0.1, -0.05) is 0 Å². The van der Waals surface area contributed by atoms with E-state index in [2.05, 4.69) is 4.99 Å². The number of benzene rings is 1. The summed E-state index contributed by atoms with van der Waals surface area (Å²) in [6.07, 6.45) is 0. The van der Waals surface area contributed by atoms with Crippen molar-refractivity contribution in [3.63, 3.8) is 0 Å². The normalized spacial score (nSPS) is 11.6. The van der Waals surface area contributed by atoms with Crippen molar-refractivity contribution in [3.05, 3.63) is 23.8 Å². The highest BCUT2D eigenvalue weighted by molar-refractivity contribution is 5.99. The smallest absolute Gasteiger partial charge is 0.161 e. The molecule has 0 atom stereocenters. The van der Waals surface area contributed by atoms with E-state index in [9.17, 15) is 5.11 Å². The summed E-state index contributed by atoms with van der Waals surface area (Å²) in [6.45, 7) is 3.26. The summed E-state index contributed by atoms with van der Waals surface area (Å²) in [6, 6.07) is 5.10. The molecule has 0 aromatic heterocycles. The predicted octanol–water partition coefficient (Wildman–Crippen LogP) is 1.22. The number of phenolic OH excluding ortho intramolecular Hbond substituents is 1. The van der Waals surface area contributed by atoms with Gasteiger partial charge in [-0.25, -0.2) is 0 Å². The van der Waals surface area contributed by atoms with E-state index in [1.54, 1.807) is 18.2 Å². The van der Waals surface area contributed by atoms with Crippen molar-refractivity contribution in [2.75, 3.05) is 33.5 Å². The van der Waals surface area contributed by atoms with Crippen molar-refractivity contribution in [2.45, 2.75) is 6.92 Å². The van der Waals surface area contributed by atoms with Crippen LogP contribution in [0.2, 0.25) is 0 Å². The second-order valence-electron chi connectivity index (χ2n) is 3.69. The Bertz CT molecular complexity index is 404. The number of aliphatic hydroxyl groups excluding tert-OH is 1. The van der Waals surface area contributed by atoms with Crippen LogP contribution in [0.5, 0.6) is 11.5 Å². The molecule has 0 aliphatic rings. The van der Waals surface area contributed by atoms with Crippen LogP contribution < -0.4 is 4.74 Å². The van der Waals surface area contributed by atoms with Crippen LogP contribution in [0.25, 0.3) is 0 Å². The highest BCUT2D eigenvalue weighted by Crippen LogP contribution is 2.26. The van der Waals surface area contributed by atoms with Gasteiger partial charge in [0.25, 0.3) is 0 Å². The summed E-state index contributed by atoms with van der Waals surface area (Å²) in [4.78, 5) is 4.34. The molecule has 0 saturated carbocycles. The number of aromatic hydroxyl groups is 1. The molecule has 0 aliphatic carbocycles. The Morgan fingerprint density at radius 1 is 1.33 bits per heavy atom. The van der Waals surface area contributed by atoms with Gasteiger partial charge in [-0.3, -0.25) is 4.99 Å². The van der Waals surface area contributed by atoms with Crippen LogP contribution in [-0.4, -0.2) is 49.4 Å². The minimum absolute atomic E-state index is 0.0257. The number of ether oxygens (including phenoxy) is 2. The average Bonchev–Trinajstić information content (AvgIpc) is 2.38. The molecule has 0 amide bonds. The minimum atomic E-state index is 0.0257. The number of phenols is 1. The lowest BCUT2D eigenvalue weighted by atomic mass is 10.1. The molecule has 5 heteroatoms. The monoisotopic (exact) mass is 253 g/mol. The van der Waals surface area contributed by atoms with E-state index >= 15 is 0 Å². The Morgan fingerprint density at radius 3 is 2.78 bits per heavy atom. The number of rotatable bonds is 7. The Labute approximate surface area is 107 Å². The van der Waals surface area contributed by atoms with E-state index in [1.165, 1.54) is 7.11 Å². The minimum Gasteiger partial charge on any atom is -0.504 e. The Hall–Kier alpha value is -1.59. The first-order valence-electron chi connectivity index (χ1n) is 5.76. The third-order valence-corrected chi connectivity index (χ3v) is 2.42. The van der Waals surface area contributed by atoms with Crippen LogP contribution in [0.4, 0.5) is 0 Å². The van der Waals surface area contributed by atoms with Crippen molar-refractivity contribution in [1.82, 2.24) is 0 Å². The lowest BCUT2D eigenvalue weighted by Gasteiger charge is -2.06. The summed E-state index contributed by atoms with van der Waals surface area (Å²) in [7, 11) is 1.51. The zero-order valence-electron chi connectivity index (χ0n) is 10.7. The average molecular weight is 253 g/mol. The molecular weight excluding hydrogens is 234 g/mol. The molecule has 1 aromatic carbocycles. The van der Waals surface area contributed by atoms with E-state index in [0.717, 1.165) is 11.3 Å². The topological polar surface area (TPSA) is 71.3 Å². The molecule has 0 spiro atoms. The fourth-order valence-corrected chi connectivity index (χ4v) is 1.44. The first-order chi connectivity index (χ1) is 8.69. The summed E-state index contributed by atoms with van der Waals surface area (Å²) in [5, 5.41) is 18.0. The number of aliphatic hydroxyl groups is 1. The molecule has 2 N–H and O–H groups in total. The van der Waals surface area contributed by atoms with Crippen molar-refractivity contribution >= 4 is 5.71 Å². The van der Waals surface area contributed by atoms with Gasteiger partial charge in [0.15, 0.2) is 11.5 Å². The summed E-state index contributed by atoms with van der Waals surface area (Å²) in [5.41, 5.74) is 1.74. The van der Waals surface area contributed by atoms with Crippen LogP contribution in [0, 0.1) is 0 Å². The SMILES string of the molecule is COc1cc(C(C)=NCCOCCO)ccc1O. The van der Waals surface area contributed by atoms with Gasteiger partial charge in [0.1, 0.15) is 0 Å². The number of methoxy groups -OCH3 is 1. The quantitative estimate of drug-likeness (QED) is 0.566. The molecule has 5 nitrogen and oxygen atoms in total. The lowest BCUT2D eigenvalue weighted by molar-refractivity contribution is 0.0978. The standard InChI is InChI=1S/C13H19NO4/c1-10(14-5-7-18-8-6-15)11-3-4-12(16)13(9-11)17-2/h3-4,9,15-16H,5-8H2,1-2H3. The summed E-state index contributed by atoms with van der Waals surface area (Å²) < 4.78 is 10.1. The molecule has 0 aliphatic heterocycles. The fourth-order valence-electron chi connectivity index (χ4n) is 1.44. The summed E-state index contributed by atoms with van der Waals surface area (Å²) in [5.74, 6) is 0.541. The van der Waals surface area contributed by atoms with Crippen LogP contribution in [-0.2, 0) is 4.74 Å². The molecule has 0 saturated heterocycles. The van der Waals surface area contributed by atoms with Gasteiger partial charge < -0.3 is 19.7 Å². The van der Waals surface area contributed by atoms with Crippen molar-refractivity contribution in [1.29, 1.82) is 0 Å². The van der Waals surface area contributed by atoms with Gasteiger partial charge in [-0.15, -0.1) is 0 Å². The van der Waals surface area contributed by atoms with E-state index in [0.29, 0.717) is 25.5 Å². The van der Waals surface area contributed by atoms with Crippen molar-refractivity contribution in [3.8, 4) is 11.5 Å². The van der Waals surface area contributed by atoms with Crippen LogP contribution in [0.1, 0.15) is 12.5 Å². The Balaban J connectivity index is 2.60. The second kappa shape index (κ2) is 7.68. The molecule has 0 heterocycles. The van der Waals surface area contributed by atoms with Gasteiger partial charge in [0, 0.05) is 5.71 Å². The summed E-state index contributed by atoms with van der Waals surface area (Å²) >= 11 is 0. The maximum atomic E-state index is 9.48. The van der Waals surface area contributed by atoms with Crippen LogP contribution in [0.3, 0.4) is 0 Å². The van der Waals surface area contributed by atoms with Gasteiger partial charge in [0.05, 0.1) is 33.5 Å². The molecule has 0 bridgehead atoms. The maximum absolute atomic E-state index is 9.48. The molecule has 1 rings (SSSR count). The first-order valence-corrected chi connectivity index (χ1v) is 5.76. The van der Waals surface area contributed by atoms with Gasteiger partial charge in [-0.2, -0.15) is 0 Å². The van der Waals surface area contributed by atoms with E-state index in [-0.39, 0.29) is 12.4 Å². The molecule has 18 heavy (non-hydrogen) atoms. The third kappa shape index (κ3) is 4.35. The molecule has 0 radical (unpaired) electrons. The largest absolute Gasteiger partial charge is 0.504 e. The van der Waals surface area contributed by atoms with E-state index in [4.69, 9.17) is 14.6 Å². The van der Waals surface area contributed by atoms with Gasteiger partial charge >= 0.3 is 0 Å². The van der Waals surface area contributed by atoms with Crippen LogP contribution >= 0.6 is 0 Å². The van der Waals surface area contributed by atoms with E-state index in [1.807, 2.05) is 6.92 Å². The third-order valence-electron chi connectivity index (χ3n) is 2.42. The number of nitrogens with zero attached hydrogens (tertiary/aromatic N) is 1. The maximum Gasteiger partial charge on any atom is 0.161 e. The molecule has 0 fully saturated rings. The molecule has 1 aromatic rings. The van der Waals surface area contributed by atoms with Gasteiger partial charge in [0.2, 0.25) is 0 Å². The molecular formula is C13H19NO4. The van der Waals surface area contributed by atoms with Crippen LogP contribution in [0.15, 0.2) is 23.2 Å². The zero-order valence-corrected chi connectivity index (χ0v) is 10.7. The number of aliphatic imine (C=N–C) groups is 1. The first kappa shape index (κ1) is 14.5. The number of hydrogen-bond donors (Lipinski definition) is 2. The molecule has 100 valence electrons. The highest BCUT2D eigenvalue weighted by atomic mass is 16.5. The Morgan fingerprint density at radius 2 is 2.11 bits per heavy atom. The number of hydrogen-bond acceptors (Lipinski definition) is 5. The second-order valence-corrected chi connectivity index (χ2v) is 3.69. The van der Waals surface area contributed by atoms with Crippen molar-refractivity contribution < 1.29 is 19.7 Å². The fraction of sp³-hybridized carbons (Fsp3) is 0.462. The van der Waals surface area contributed by atoms with Crippen molar-refractivity contribution in [2.24, 2.45) is 4.99 Å². The van der Waals surface area contributed by atoms with Gasteiger partial charge in [-0.05, 0) is 30.7 Å². The highest BCUT2D eigenvalue weighted by Gasteiger charge is 2.04. The predicted molar refractivity (Wildman–Crippen MR) is 69.6 cm³/mol. The van der Waals surface area contributed by atoms with E-state index < -0.39 is 0 Å². The Kier molecular flexibility index (Phi) is 6.18. The lowest BCUT2D eigenvalue weighted by Crippen LogP contribution is -2.05.